The first kappa shape index (κ1) is 19.1. The zero-order chi connectivity index (χ0) is 19.5. The van der Waals surface area contributed by atoms with Crippen molar-refractivity contribution in [2.75, 3.05) is 38.2 Å². The minimum Gasteiger partial charge on any atom is -0.486 e. The van der Waals surface area contributed by atoms with E-state index < -0.39 is 0 Å². The quantitative estimate of drug-likeness (QED) is 0.848. The molecule has 2 aliphatic rings. The number of nitrogens with one attached hydrogen (secondary N) is 1. The zero-order valence-electron chi connectivity index (χ0n) is 15.7. The second-order valence-corrected chi connectivity index (χ2v) is 7.37. The van der Waals surface area contributed by atoms with Crippen LogP contribution in [0.1, 0.15) is 18.6 Å². The van der Waals surface area contributed by atoms with Crippen molar-refractivity contribution >= 4 is 23.2 Å². The Morgan fingerprint density at radius 3 is 2.64 bits per heavy atom. The molecule has 6 nitrogen and oxygen atoms in total. The summed E-state index contributed by atoms with van der Waals surface area (Å²) in [5.41, 5.74) is 1.76. The minimum atomic E-state index is -0.285. The summed E-state index contributed by atoms with van der Waals surface area (Å²) in [6.45, 7) is 4.91. The number of amides is 1. The number of carbonyl (C=O) groups is 1. The first-order chi connectivity index (χ1) is 13.6. The molecule has 0 radical (unpaired) electrons. The van der Waals surface area contributed by atoms with Crippen molar-refractivity contribution in [3.63, 3.8) is 0 Å². The number of hydrogen-bond acceptors (Lipinski definition) is 5. The number of halogens is 1. The monoisotopic (exact) mass is 402 g/mol. The van der Waals surface area contributed by atoms with Crippen molar-refractivity contribution in [2.45, 2.75) is 19.1 Å². The van der Waals surface area contributed by atoms with Crippen molar-refractivity contribution in [3.8, 4) is 11.5 Å². The Bertz CT molecular complexity index is 843. The van der Waals surface area contributed by atoms with Crippen LogP contribution in [0.25, 0.3) is 0 Å². The van der Waals surface area contributed by atoms with Gasteiger partial charge in [-0.2, -0.15) is 0 Å². The molecule has 1 saturated heterocycles. The zero-order valence-corrected chi connectivity index (χ0v) is 16.4. The Morgan fingerprint density at radius 1 is 1.11 bits per heavy atom. The van der Waals surface area contributed by atoms with Gasteiger partial charge in [-0.15, -0.1) is 0 Å². The normalized spacial score (nSPS) is 20.4. The molecule has 2 aromatic rings. The average Bonchev–Trinajstić information content (AvgIpc) is 2.73. The Labute approximate surface area is 169 Å². The third-order valence-electron chi connectivity index (χ3n) is 5.08. The highest BCUT2D eigenvalue weighted by Crippen LogP contribution is 2.33. The largest absolute Gasteiger partial charge is 0.486 e. The van der Waals surface area contributed by atoms with E-state index in [1.54, 1.807) is 6.07 Å². The summed E-state index contributed by atoms with van der Waals surface area (Å²) in [7, 11) is 0. The molecule has 2 aliphatic heterocycles. The number of hydrogen-bond donors (Lipinski definition) is 1. The van der Waals surface area contributed by atoms with E-state index in [9.17, 15) is 4.79 Å². The molecule has 1 fully saturated rings. The van der Waals surface area contributed by atoms with Crippen molar-refractivity contribution in [2.24, 2.45) is 0 Å². The molecular formula is C21H23ClN2O4. The summed E-state index contributed by atoms with van der Waals surface area (Å²) in [4.78, 5) is 14.9. The van der Waals surface area contributed by atoms with Crippen molar-refractivity contribution in [3.05, 3.63) is 53.1 Å². The highest BCUT2D eigenvalue weighted by atomic mass is 35.5. The van der Waals surface area contributed by atoms with Crippen LogP contribution in [0.15, 0.2) is 42.5 Å². The van der Waals surface area contributed by atoms with Crippen LogP contribution in [0.4, 0.5) is 5.69 Å². The number of morpholine rings is 1. The summed E-state index contributed by atoms with van der Waals surface area (Å²) in [6, 6.07) is 12.8. The number of fused-ring (bicyclic) bond motifs is 1. The second-order valence-electron chi connectivity index (χ2n) is 6.93. The average molecular weight is 403 g/mol. The van der Waals surface area contributed by atoms with E-state index in [2.05, 4.69) is 10.2 Å². The molecule has 0 saturated carbocycles. The Hall–Kier alpha value is -2.28. The summed E-state index contributed by atoms with van der Waals surface area (Å²) in [6.07, 6.45) is -0.0736. The Morgan fingerprint density at radius 2 is 1.86 bits per heavy atom. The van der Waals surface area contributed by atoms with Gasteiger partial charge in [0, 0.05) is 29.9 Å². The maximum absolute atomic E-state index is 12.8. The molecule has 28 heavy (non-hydrogen) atoms. The van der Waals surface area contributed by atoms with Crippen LogP contribution in [-0.2, 0) is 9.53 Å². The molecule has 2 atom stereocenters. The van der Waals surface area contributed by atoms with E-state index in [0.717, 1.165) is 5.56 Å². The van der Waals surface area contributed by atoms with Gasteiger partial charge in [0.05, 0.1) is 18.8 Å². The van der Waals surface area contributed by atoms with Gasteiger partial charge in [0.2, 0.25) is 5.91 Å². The highest BCUT2D eigenvalue weighted by Gasteiger charge is 2.29. The van der Waals surface area contributed by atoms with Gasteiger partial charge in [0.1, 0.15) is 13.2 Å². The molecule has 0 bridgehead atoms. The fourth-order valence-electron chi connectivity index (χ4n) is 3.43. The molecule has 4 rings (SSSR count). The van der Waals surface area contributed by atoms with Crippen molar-refractivity contribution in [1.82, 2.24) is 4.90 Å². The lowest BCUT2D eigenvalue weighted by Gasteiger charge is -2.36. The molecule has 2 aromatic carbocycles. The van der Waals surface area contributed by atoms with Gasteiger partial charge in [0.15, 0.2) is 11.5 Å². The Balaban J connectivity index is 1.39. The third kappa shape index (κ3) is 4.24. The number of carbonyl (C=O) groups excluding carboxylic acids is 1. The van der Waals surface area contributed by atoms with Crippen LogP contribution >= 0.6 is 11.6 Å². The molecule has 7 heteroatoms. The standard InChI is InChI=1S/C21H23ClN2O4/c1-14(21(25)23-17-6-7-18-19(12-17)28-11-10-27-18)24-8-9-26-20(13-24)15-2-4-16(22)5-3-15/h2-7,12,14,20H,8-11,13H2,1H3,(H,23,25)/t14-,20+/m0/s1. The Kier molecular flexibility index (Phi) is 5.71. The van der Waals surface area contributed by atoms with Gasteiger partial charge in [-0.1, -0.05) is 23.7 Å². The topological polar surface area (TPSA) is 60.0 Å². The van der Waals surface area contributed by atoms with E-state index >= 15 is 0 Å². The number of rotatable bonds is 4. The van der Waals surface area contributed by atoms with E-state index in [0.29, 0.717) is 55.1 Å². The van der Waals surface area contributed by atoms with Crippen molar-refractivity contribution in [1.29, 1.82) is 0 Å². The fraction of sp³-hybridized carbons (Fsp3) is 0.381. The maximum Gasteiger partial charge on any atom is 0.241 e. The lowest BCUT2D eigenvalue weighted by molar-refractivity contribution is -0.124. The van der Waals surface area contributed by atoms with Crippen LogP contribution in [0.3, 0.4) is 0 Å². The van der Waals surface area contributed by atoms with Gasteiger partial charge in [-0.25, -0.2) is 0 Å². The van der Waals surface area contributed by atoms with Crippen LogP contribution in [0.5, 0.6) is 11.5 Å². The fourth-order valence-corrected chi connectivity index (χ4v) is 3.56. The SMILES string of the molecule is C[C@@H](C(=O)Nc1ccc2c(c1)OCCO2)N1CCO[C@@H](c2ccc(Cl)cc2)C1. The predicted molar refractivity (Wildman–Crippen MR) is 107 cm³/mol. The number of nitrogens with zero attached hydrogens (tertiary/aromatic N) is 1. The number of benzene rings is 2. The molecule has 1 amide bonds. The molecule has 0 unspecified atom stereocenters. The first-order valence-electron chi connectivity index (χ1n) is 9.42. The van der Waals surface area contributed by atoms with E-state index in [-0.39, 0.29) is 18.1 Å². The van der Waals surface area contributed by atoms with Gasteiger partial charge in [0.25, 0.3) is 0 Å². The summed E-state index contributed by atoms with van der Waals surface area (Å²) >= 11 is 5.97. The van der Waals surface area contributed by atoms with E-state index in [4.69, 9.17) is 25.8 Å². The minimum absolute atomic E-state index is 0.0616. The van der Waals surface area contributed by atoms with Gasteiger partial charge >= 0.3 is 0 Å². The summed E-state index contributed by atoms with van der Waals surface area (Å²) in [5.74, 6) is 1.30. The van der Waals surface area contributed by atoms with Crippen LogP contribution in [0, 0.1) is 0 Å². The van der Waals surface area contributed by atoms with Crippen LogP contribution in [0.2, 0.25) is 5.02 Å². The number of ether oxygens (including phenoxy) is 3. The molecule has 0 aliphatic carbocycles. The predicted octanol–water partition coefficient (Wildman–Crippen LogP) is 3.51. The molecular weight excluding hydrogens is 380 g/mol. The molecule has 2 heterocycles. The van der Waals surface area contributed by atoms with E-state index in [1.165, 1.54) is 0 Å². The highest BCUT2D eigenvalue weighted by molar-refractivity contribution is 6.30. The molecule has 0 spiro atoms. The van der Waals surface area contributed by atoms with Gasteiger partial charge in [-0.3, -0.25) is 9.69 Å². The van der Waals surface area contributed by atoms with Gasteiger partial charge in [-0.05, 0) is 36.8 Å². The summed E-state index contributed by atoms with van der Waals surface area (Å²) < 4.78 is 17.0. The van der Waals surface area contributed by atoms with Crippen LogP contribution in [-0.4, -0.2) is 49.8 Å². The van der Waals surface area contributed by atoms with Crippen LogP contribution < -0.4 is 14.8 Å². The maximum atomic E-state index is 12.8. The summed E-state index contributed by atoms with van der Waals surface area (Å²) in [5, 5.41) is 3.67. The lowest BCUT2D eigenvalue weighted by atomic mass is 10.1. The molecule has 0 aromatic heterocycles. The smallest absolute Gasteiger partial charge is 0.241 e. The lowest BCUT2D eigenvalue weighted by Crippen LogP contribution is -2.48. The third-order valence-corrected chi connectivity index (χ3v) is 5.33. The second kappa shape index (κ2) is 8.39. The van der Waals surface area contributed by atoms with Gasteiger partial charge < -0.3 is 19.5 Å². The first-order valence-corrected chi connectivity index (χ1v) is 9.79. The molecule has 1 N–H and O–H groups in total. The van der Waals surface area contributed by atoms with E-state index in [1.807, 2.05) is 43.3 Å². The number of anilines is 1. The van der Waals surface area contributed by atoms with Crippen molar-refractivity contribution < 1.29 is 19.0 Å². The molecule has 148 valence electrons.